The average Bonchev–Trinajstić information content (AvgIpc) is 3.66. The van der Waals surface area contributed by atoms with Crippen molar-refractivity contribution in [1.82, 2.24) is 14.5 Å². The molecule has 1 unspecified atom stereocenters. The van der Waals surface area contributed by atoms with E-state index in [1.807, 2.05) is 6.07 Å². The molecule has 0 bridgehead atoms. The molecular formula is C34H27F3N4O5. The van der Waals surface area contributed by atoms with Crippen LogP contribution in [0.4, 0.5) is 13.2 Å². The van der Waals surface area contributed by atoms with E-state index in [2.05, 4.69) is 9.97 Å². The van der Waals surface area contributed by atoms with Crippen molar-refractivity contribution in [2.75, 3.05) is 20.3 Å². The van der Waals surface area contributed by atoms with Crippen LogP contribution >= 0.6 is 0 Å². The van der Waals surface area contributed by atoms with Gasteiger partial charge in [-0.25, -0.2) is 27.9 Å². The van der Waals surface area contributed by atoms with Crippen LogP contribution in [0.3, 0.4) is 0 Å². The first kappa shape index (κ1) is 30.8. The molecule has 46 heavy (non-hydrogen) atoms. The number of hydrogen-bond acceptors (Lipinski definition) is 7. The fourth-order valence-electron chi connectivity index (χ4n) is 5.46. The zero-order chi connectivity index (χ0) is 32.4. The zero-order valence-electron chi connectivity index (χ0n) is 24.6. The molecule has 3 heterocycles. The third-order valence-electron chi connectivity index (χ3n) is 8.06. The molecule has 9 nitrogen and oxygen atoms in total. The standard InChI is InChI=1S/C34H27F3N4O5/c1-44-34(9-10-45-19-34)18-41-30-13-21(33(42)43)7-8-29(30)39-31(41)14-23-12-27(37)24(15-26(23)36)28-3-2-4-32(40-28)46-17-22-6-5-20(16-38)11-25(22)35/h2-8,11-13,15H,9-10,14,17-19H2,1H3,(H,42,43). The summed E-state index contributed by atoms with van der Waals surface area (Å²) in [6, 6.07) is 17.1. The van der Waals surface area contributed by atoms with Crippen molar-refractivity contribution in [2.45, 2.75) is 31.6 Å². The number of aromatic nitrogens is 3. The fourth-order valence-corrected chi connectivity index (χ4v) is 5.46. The van der Waals surface area contributed by atoms with Gasteiger partial charge in [0.15, 0.2) is 0 Å². The predicted molar refractivity (Wildman–Crippen MR) is 160 cm³/mol. The van der Waals surface area contributed by atoms with Gasteiger partial charge in [-0.05, 0) is 54.1 Å². The Morgan fingerprint density at radius 3 is 2.59 bits per heavy atom. The summed E-state index contributed by atoms with van der Waals surface area (Å²) in [4.78, 5) is 20.6. The van der Waals surface area contributed by atoms with Gasteiger partial charge in [0.05, 0.1) is 47.1 Å². The summed E-state index contributed by atoms with van der Waals surface area (Å²) in [7, 11) is 1.57. The molecule has 1 fully saturated rings. The molecule has 5 aromatic rings. The number of pyridine rings is 1. The number of fused-ring (bicyclic) bond motifs is 1. The first-order chi connectivity index (χ1) is 22.2. The maximum absolute atomic E-state index is 15.6. The van der Waals surface area contributed by atoms with Crippen LogP contribution in [0.1, 0.15) is 39.3 Å². The summed E-state index contributed by atoms with van der Waals surface area (Å²) in [6.45, 7) is 0.889. The molecule has 1 atom stereocenters. The van der Waals surface area contributed by atoms with E-state index in [9.17, 15) is 14.3 Å². The molecule has 0 radical (unpaired) electrons. The highest BCUT2D eigenvalue weighted by atomic mass is 19.1. The number of ether oxygens (including phenoxy) is 3. The van der Waals surface area contributed by atoms with Gasteiger partial charge in [-0.15, -0.1) is 0 Å². The number of benzene rings is 3. The number of nitrogens with zero attached hydrogens (tertiary/aromatic N) is 4. The summed E-state index contributed by atoms with van der Waals surface area (Å²) < 4.78 is 64.2. The number of nitriles is 1. The molecule has 1 aliphatic rings. The second-order valence-corrected chi connectivity index (χ2v) is 11.0. The Bertz CT molecular complexity index is 2000. The zero-order valence-corrected chi connectivity index (χ0v) is 24.6. The maximum atomic E-state index is 15.6. The largest absolute Gasteiger partial charge is 0.478 e. The molecule has 3 aromatic carbocycles. The first-order valence-corrected chi connectivity index (χ1v) is 14.3. The van der Waals surface area contributed by atoms with Crippen molar-refractivity contribution in [1.29, 1.82) is 5.26 Å². The Hall–Kier alpha value is -5.25. The lowest BCUT2D eigenvalue weighted by Gasteiger charge is -2.27. The second-order valence-electron chi connectivity index (χ2n) is 11.0. The highest BCUT2D eigenvalue weighted by Gasteiger charge is 2.36. The minimum absolute atomic E-state index is 0.0362. The Balaban J connectivity index is 1.29. The van der Waals surface area contributed by atoms with Gasteiger partial charge in [-0.1, -0.05) is 12.1 Å². The highest BCUT2D eigenvalue weighted by Crippen LogP contribution is 2.31. The number of aromatic carboxylic acids is 1. The molecule has 0 spiro atoms. The second kappa shape index (κ2) is 12.6. The summed E-state index contributed by atoms with van der Waals surface area (Å²) in [6.07, 6.45) is 0.505. The Labute approximate surface area is 261 Å². The number of carboxylic acid groups (broad SMARTS) is 1. The summed E-state index contributed by atoms with van der Waals surface area (Å²) in [5, 5.41) is 18.5. The topological polar surface area (TPSA) is 119 Å². The number of carboxylic acids is 1. The molecule has 1 aliphatic heterocycles. The summed E-state index contributed by atoms with van der Waals surface area (Å²) in [5.41, 5.74) is 0.826. The van der Waals surface area contributed by atoms with Crippen LogP contribution in [0.2, 0.25) is 0 Å². The van der Waals surface area contributed by atoms with E-state index >= 15 is 8.78 Å². The lowest BCUT2D eigenvalue weighted by Crippen LogP contribution is -2.37. The van der Waals surface area contributed by atoms with E-state index in [4.69, 9.17) is 19.5 Å². The van der Waals surface area contributed by atoms with Crippen molar-refractivity contribution in [3.8, 4) is 23.2 Å². The predicted octanol–water partition coefficient (Wildman–Crippen LogP) is 6.06. The molecule has 12 heteroatoms. The van der Waals surface area contributed by atoms with E-state index in [-0.39, 0.29) is 59.0 Å². The molecule has 0 amide bonds. The van der Waals surface area contributed by atoms with Crippen LogP contribution in [-0.4, -0.2) is 51.5 Å². The van der Waals surface area contributed by atoms with Crippen molar-refractivity contribution in [3.05, 3.63) is 112 Å². The smallest absolute Gasteiger partial charge is 0.335 e. The molecular weight excluding hydrogens is 601 g/mol. The van der Waals surface area contributed by atoms with Crippen LogP contribution in [0, 0.1) is 28.8 Å². The minimum Gasteiger partial charge on any atom is -0.478 e. The molecule has 234 valence electrons. The molecule has 0 saturated carbocycles. The van der Waals surface area contributed by atoms with Crippen LogP contribution in [0.15, 0.2) is 66.7 Å². The van der Waals surface area contributed by atoms with Gasteiger partial charge in [-0.2, -0.15) is 5.26 Å². The quantitative estimate of drug-likeness (QED) is 0.198. The molecule has 1 N–H and O–H groups in total. The van der Waals surface area contributed by atoms with Gasteiger partial charge >= 0.3 is 5.97 Å². The maximum Gasteiger partial charge on any atom is 0.335 e. The summed E-state index contributed by atoms with van der Waals surface area (Å²) >= 11 is 0. The number of methoxy groups -OCH3 is 1. The number of rotatable bonds is 10. The van der Waals surface area contributed by atoms with Gasteiger partial charge in [0.2, 0.25) is 5.88 Å². The third kappa shape index (κ3) is 6.15. The Morgan fingerprint density at radius 1 is 1.04 bits per heavy atom. The molecule has 1 saturated heterocycles. The van der Waals surface area contributed by atoms with E-state index in [1.165, 1.54) is 36.4 Å². The molecule has 6 rings (SSSR count). The SMILES string of the molecule is COC1(Cn2c(Cc3cc(F)c(-c4cccc(OCc5ccc(C#N)cc5F)n4)cc3F)nc3ccc(C(=O)O)cc32)CCOC1. The van der Waals surface area contributed by atoms with E-state index in [0.717, 1.165) is 18.2 Å². The van der Waals surface area contributed by atoms with Crippen LogP contribution in [-0.2, 0) is 29.0 Å². The van der Waals surface area contributed by atoms with E-state index in [0.29, 0.717) is 36.5 Å². The van der Waals surface area contributed by atoms with E-state index < -0.39 is 29.0 Å². The molecule has 0 aliphatic carbocycles. The van der Waals surface area contributed by atoms with Crippen LogP contribution in [0.25, 0.3) is 22.3 Å². The molecule has 2 aromatic heterocycles. The van der Waals surface area contributed by atoms with Gasteiger partial charge in [0.1, 0.15) is 35.5 Å². The number of hydrogen-bond donors (Lipinski definition) is 1. The van der Waals surface area contributed by atoms with Gasteiger partial charge in [-0.3, -0.25) is 0 Å². The van der Waals surface area contributed by atoms with Crippen molar-refractivity contribution >= 4 is 17.0 Å². The van der Waals surface area contributed by atoms with Crippen molar-refractivity contribution in [2.24, 2.45) is 0 Å². The van der Waals surface area contributed by atoms with E-state index in [1.54, 1.807) is 23.8 Å². The Morgan fingerprint density at radius 2 is 1.87 bits per heavy atom. The van der Waals surface area contributed by atoms with Gasteiger partial charge < -0.3 is 23.9 Å². The van der Waals surface area contributed by atoms with Crippen molar-refractivity contribution in [3.63, 3.8) is 0 Å². The number of carbonyl (C=O) groups is 1. The normalized spacial score (nSPS) is 16.1. The van der Waals surface area contributed by atoms with Gasteiger partial charge in [0, 0.05) is 43.8 Å². The van der Waals surface area contributed by atoms with Crippen molar-refractivity contribution < 1.29 is 37.3 Å². The average molecular weight is 629 g/mol. The van der Waals surface area contributed by atoms with Gasteiger partial charge in [0.25, 0.3) is 0 Å². The lowest BCUT2D eigenvalue weighted by molar-refractivity contribution is -0.0292. The number of imidazole rings is 1. The van der Waals surface area contributed by atoms with Crippen LogP contribution < -0.4 is 4.74 Å². The summed E-state index contributed by atoms with van der Waals surface area (Å²) in [5.74, 6) is -2.66. The Kier molecular flexibility index (Phi) is 8.44. The first-order valence-electron chi connectivity index (χ1n) is 14.3. The third-order valence-corrected chi connectivity index (χ3v) is 8.06. The highest BCUT2D eigenvalue weighted by molar-refractivity contribution is 5.92. The minimum atomic E-state index is -1.10. The number of halogens is 3. The fraction of sp³-hybridized carbons (Fsp3) is 0.235. The lowest BCUT2D eigenvalue weighted by atomic mass is 10.0. The monoisotopic (exact) mass is 628 g/mol. The van der Waals surface area contributed by atoms with Crippen LogP contribution in [0.5, 0.6) is 5.88 Å².